The first kappa shape index (κ1) is 27.3. The molecule has 9 nitrogen and oxygen atoms in total. The molecule has 1 fully saturated rings. The second-order valence-corrected chi connectivity index (χ2v) is 11.0. The Bertz CT molecular complexity index is 1880. The minimum absolute atomic E-state index is 0.156. The van der Waals surface area contributed by atoms with Crippen LogP contribution in [-0.4, -0.2) is 48.6 Å². The number of hydrogen-bond acceptors (Lipinski definition) is 8. The maximum absolute atomic E-state index is 14.8. The largest absolute Gasteiger partial charge is 0.493 e. The van der Waals surface area contributed by atoms with Crippen LogP contribution >= 0.6 is 0 Å². The Morgan fingerprint density at radius 2 is 1.50 bits per heavy atom. The van der Waals surface area contributed by atoms with Gasteiger partial charge in [-0.05, 0) is 29.8 Å². The Labute approximate surface area is 252 Å². The smallest absolute Gasteiger partial charge is 0.269 e. The van der Waals surface area contributed by atoms with Crippen molar-refractivity contribution in [1.82, 2.24) is 0 Å². The van der Waals surface area contributed by atoms with Crippen molar-refractivity contribution in [1.29, 1.82) is 0 Å². The highest BCUT2D eigenvalue weighted by atomic mass is 16.6. The van der Waals surface area contributed by atoms with Gasteiger partial charge in [0.25, 0.3) is 5.69 Å². The van der Waals surface area contributed by atoms with Crippen molar-refractivity contribution in [3.8, 4) is 11.5 Å². The van der Waals surface area contributed by atoms with E-state index in [-0.39, 0.29) is 22.8 Å². The van der Waals surface area contributed by atoms with Crippen molar-refractivity contribution in [3.63, 3.8) is 0 Å². The molecule has 4 aromatic rings. The fraction of sp³-hybridized carbons (Fsp3) is 0.171. The van der Waals surface area contributed by atoms with Crippen molar-refractivity contribution < 1.29 is 28.8 Å². The third-order valence-corrected chi connectivity index (χ3v) is 9.11. The van der Waals surface area contributed by atoms with E-state index in [4.69, 9.17) is 9.47 Å². The molecule has 1 aliphatic carbocycles. The van der Waals surface area contributed by atoms with Gasteiger partial charge in [0.05, 0.1) is 25.2 Å². The van der Waals surface area contributed by atoms with Gasteiger partial charge in [-0.25, -0.2) is 0 Å². The molecule has 4 aromatic carbocycles. The number of nitrogens with zero attached hydrogens (tertiary/aromatic N) is 2. The third-order valence-electron chi connectivity index (χ3n) is 9.11. The molecule has 3 aliphatic rings. The number of rotatable bonds is 6. The number of hydrogen-bond donors (Lipinski definition) is 0. The zero-order valence-electron chi connectivity index (χ0n) is 23.8. The molecule has 0 bridgehead atoms. The Morgan fingerprint density at radius 1 is 0.841 bits per heavy atom. The summed E-state index contributed by atoms with van der Waals surface area (Å²) in [5, 5.41) is 11.4. The van der Waals surface area contributed by atoms with E-state index in [1.807, 2.05) is 41.3 Å². The number of Topliss-reactive ketones (excluding diaryl/α,β-unsaturated/α-hetero) is 3. The maximum Gasteiger partial charge on any atom is 0.269 e. The van der Waals surface area contributed by atoms with E-state index in [0.717, 1.165) is 5.56 Å². The number of anilines is 1. The molecule has 7 rings (SSSR count). The van der Waals surface area contributed by atoms with Crippen LogP contribution < -0.4 is 14.4 Å². The summed E-state index contributed by atoms with van der Waals surface area (Å²) in [4.78, 5) is 57.2. The molecule has 3 atom stereocenters. The lowest BCUT2D eigenvalue weighted by Gasteiger charge is -2.37. The SMILES string of the molecule is COc1cccc([C@@H]2[C@@H](C(=O)c3ccc([N+](=O)[O-])cc3)N3c4ccccc4C=C[C@H]3C23C(=O)c2ccccc2C3=O)c1OC. The molecule has 0 aromatic heterocycles. The van der Waals surface area contributed by atoms with Crippen LogP contribution in [0, 0.1) is 15.5 Å². The molecule has 0 saturated carbocycles. The summed E-state index contributed by atoms with van der Waals surface area (Å²) < 4.78 is 11.5. The summed E-state index contributed by atoms with van der Waals surface area (Å²) in [6, 6.07) is 23.0. The van der Waals surface area contributed by atoms with Crippen molar-refractivity contribution in [2.45, 2.75) is 18.0 Å². The molecule has 9 heteroatoms. The predicted molar refractivity (Wildman–Crippen MR) is 163 cm³/mol. The van der Waals surface area contributed by atoms with Crippen LogP contribution in [0.5, 0.6) is 11.5 Å². The van der Waals surface area contributed by atoms with Gasteiger partial charge in [0.15, 0.2) is 28.8 Å². The van der Waals surface area contributed by atoms with E-state index in [9.17, 15) is 24.5 Å². The van der Waals surface area contributed by atoms with Crippen LogP contribution in [0.3, 0.4) is 0 Å². The number of ketones is 3. The topological polar surface area (TPSA) is 116 Å². The van der Waals surface area contributed by atoms with Gasteiger partial charge in [0.1, 0.15) is 11.5 Å². The number of carbonyl (C=O) groups is 3. The van der Waals surface area contributed by atoms with Crippen molar-refractivity contribution in [2.24, 2.45) is 5.41 Å². The number of benzene rings is 4. The standard InChI is InChI=1S/C35H26N2O7/c1-43-27-13-7-11-25(32(27)44-2)29-30(31(38)21-14-17-22(18-15-21)37(41)42)36-26-12-6-3-8-20(26)16-19-28(36)35(29)33(39)23-9-4-5-10-24(23)34(35)40/h3-19,28-30H,1-2H3/t28-,29+,30-/m0/s1. The minimum Gasteiger partial charge on any atom is -0.493 e. The normalized spacial score (nSPS) is 20.7. The van der Waals surface area contributed by atoms with Crippen LogP contribution in [0.1, 0.15) is 48.1 Å². The molecule has 0 amide bonds. The van der Waals surface area contributed by atoms with Gasteiger partial charge in [0.2, 0.25) is 0 Å². The van der Waals surface area contributed by atoms with Gasteiger partial charge >= 0.3 is 0 Å². The van der Waals surface area contributed by atoms with Gasteiger partial charge in [-0.1, -0.05) is 66.7 Å². The van der Waals surface area contributed by atoms with Gasteiger partial charge in [-0.15, -0.1) is 0 Å². The summed E-state index contributed by atoms with van der Waals surface area (Å²) in [5.74, 6) is -1.45. The molecular formula is C35H26N2O7. The second-order valence-electron chi connectivity index (χ2n) is 11.0. The molecule has 218 valence electrons. The van der Waals surface area contributed by atoms with E-state index < -0.39 is 34.1 Å². The minimum atomic E-state index is -1.73. The number of methoxy groups -OCH3 is 2. The molecule has 0 N–H and O–H groups in total. The van der Waals surface area contributed by atoms with Crippen LogP contribution in [0.4, 0.5) is 11.4 Å². The summed E-state index contributed by atoms with van der Waals surface area (Å²) in [7, 11) is 2.97. The van der Waals surface area contributed by atoms with Crippen LogP contribution in [0.15, 0.2) is 97.1 Å². The Hall–Kier alpha value is -5.57. The van der Waals surface area contributed by atoms with E-state index in [0.29, 0.717) is 33.9 Å². The first-order valence-electron chi connectivity index (χ1n) is 14.1. The van der Waals surface area contributed by atoms with Crippen LogP contribution in [0.25, 0.3) is 6.08 Å². The summed E-state index contributed by atoms with van der Waals surface area (Å²) in [5.41, 5.74) is 0.937. The first-order valence-corrected chi connectivity index (χ1v) is 14.1. The molecule has 1 saturated heterocycles. The fourth-order valence-corrected chi connectivity index (χ4v) is 7.34. The monoisotopic (exact) mass is 586 g/mol. The molecule has 1 spiro atoms. The van der Waals surface area contributed by atoms with Gasteiger partial charge in [0, 0.05) is 46.0 Å². The lowest BCUT2D eigenvalue weighted by molar-refractivity contribution is -0.384. The number of carbonyl (C=O) groups excluding carboxylic acids is 3. The lowest BCUT2D eigenvalue weighted by Crippen LogP contribution is -2.48. The summed E-state index contributed by atoms with van der Waals surface area (Å²) >= 11 is 0. The zero-order valence-corrected chi connectivity index (χ0v) is 23.8. The molecule has 0 unspecified atom stereocenters. The fourth-order valence-electron chi connectivity index (χ4n) is 7.34. The molecule has 2 heterocycles. The highest BCUT2D eigenvalue weighted by Crippen LogP contribution is 2.62. The first-order chi connectivity index (χ1) is 21.3. The van der Waals surface area contributed by atoms with E-state index in [2.05, 4.69) is 0 Å². The highest BCUT2D eigenvalue weighted by molar-refractivity contribution is 6.32. The lowest BCUT2D eigenvalue weighted by atomic mass is 9.64. The third kappa shape index (κ3) is 3.55. The van der Waals surface area contributed by atoms with Crippen LogP contribution in [-0.2, 0) is 0 Å². The maximum atomic E-state index is 14.8. The van der Waals surface area contributed by atoms with Gasteiger partial charge < -0.3 is 14.4 Å². The Kier molecular flexibility index (Phi) is 6.21. The van der Waals surface area contributed by atoms with Gasteiger partial charge in [-0.2, -0.15) is 0 Å². The quantitative estimate of drug-likeness (QED) is 0.118. The van der Waals surface area contributed by atoms with Crippen molar-refractivity contribution in [3.05, 3.63) is 135 Å². The van der Waals surface area contributed by atoms with E-state index in [1.54, 1.807) is 42.5 Å². The average Bonchev–Trinajstić information content (AvgIpc) is 3.49. The number of nitro benzene ring substituents is 1. The molecular weight excluding hydrogens is 560 g/mol. The van der Waals surface area contributed by atoms with Gasteiger partial charge in [-0.3, -0.25) is 24.5 Å². The number of nitro groups is 1. The highest BCUT2D eigenvalue weighted by Gasteiger charge is 2.72. The summed E-state index contributed by atoms with van der Waals surface area (Å²) in [6.45, 7) is 0. The number of para-hydroxylation sites is 2. The number of ether oxygens (including phenoxy) is 2. The Balaban J connectivity index is 1.56. The van der Waals surface area contributed by atoms with Crippen molar-refractivity contribution >= 4 is 34.8 Å². The molecule has 2 aliphatic heterocycles. The van der Waals surface area contributed by atoms with Crippen molar-refractivity contribution in [2.75, 3.05) is 19.1 Å². The molecule has 0 radical (unpaired) electrons. The van der Waals surface area contributed by atoms with E-state index >= 15 is 0 Å². The second kappa shape index (κ2) is 10.0. The summed E-state index contributed by atoms with van der Waals surface area (Å²) in [6.07, 6.45) is 3.73. The van der Waals surface area contributed by atoms with Crippen LogP contribution in [0.2, 0.25) is 0 Å². The predicted octanol–water partition coefficient (Wildman–Crippen LogP) is 5.93. The number of fused-ring (bicyclic) bond motifs is 5. The molecule has 44 heavy (non-hydrogen) atoms. The average molecular weight is 587 g/mol. The Morgan fingerprint density at radius 3 is 2.14 bits per heavy atom. The zero-order chi connectivity index (χ0) is 30.7. The number of non-ortho nitro benzene ring substituents is 1. The van der Waals surface area contributed by atoms with E-state index in [1.165, 1.54) is 38.5 Å².